The highest BCUT2D eigenvalue weighted by Gasteiger charge is 2.41. The van der Waals surface area contributed by atoms with Crippen molar-refractivity contribution in [3.05, 3.63) is 17.5 Å². The number of ether oxygens (including phenoxy) is 1. The molecular formula is C17H28N6O3S. The van der Waals surface area contributed by atoms with Crippen LogP contribution in [-0.2, 0) is 10.2 Å². The number of nitrogens with zero attached hydrogens (tertiary/aromatic N) is 5. The van der Waals surface area contributed by atoms with Gasteiger partial charge < -0.3 is 9.64 Å². The van der Waals surface area contributed by atoms with Gasteiger partial charge in [-0.25, -0.2) is 10.1 Å². The summed E-state index contributed by atoms with van der Waals surface area (Å²) in [6.07, 6.45) is 0. The normalized spacial score (nSPS) is 16.2. The van der Waals surface area contributed by atoms with E-state index in [1.165, 1.54) is 11.4 Å². The summed E-state index contributed by atoms with van der Waals surface area (Å²) in [4.78, 5) is 6.87. The summed E-state index contributed by atoms with van der Waals surface area (Å²) in [5.74, 6) is 2.56. The minimum Gasteiger partial charge on any atom is -0.481 e. The molecule has 3 heterocycles. The van der Waals surface area contributed by atoms with Crippen LogP contribution in [0, 0.1) is 25.2 Å². The van der Waals surface area contributed by atoms with Gasteiger partial charge >= 0.3 is 0 Å². The highest BCUT2D eigenvalue weighted by Crippen LogP contribution is 2.39. The Bertz CT molecular complexity index is 963. The number of fused-ring (bicyclic) bond motifs is 1. The number of methoxy groups -OCH3 is 1. The zero-order valence-electron chi connectivity index (χ0n) is 16.7. The summed E-state index contributed by atoms with van der Waals surface area (Å²) in [6.45, 7) is 9.99. The van der Waals surface area contributed by atoms with Crippen molar-refractivity contribution in [1.82, 2.24) is 18.9 Å². The van der Waals surface area contributed by atoms with Gasteiger partial charge in [0.1, 0.15) is 11.3 Å². The lowest BCUT2D eigenvalue weighted by atomic mass is 9.74. The largest absolute Gasteiger partial charge is 0.481 e. The second-order valence-electron chi connectivity index (χ2n) is 8.00. The molecule has 1 aliphatic rings. The van der Waals surface area contributed by atoms with E-state index in [0.29, 0.717) is 24.2 Å². The van der Waals surface area contributed by atoms with E-state index >= 15 is 0 Å². The van der Waals surface area contributed by atoms with Crippen LogP contribution in [0.25, 0.3) is 5.52 Å². The quantitative estimate of drug-likeness (QED) is 0.779. The number of nitrogens with two attached hydrogens (primary N) is 1. The van der Waals surface area contributed by atoms with Gasteiger partial charge in [0.15, 0.2) is 5.82 Å². The maximum absolute atomic E-state index is 11.5. The maximum Gasteiger partial charge on any atom is 0.276 e. The summed E-state index contributed by atoms with van der Waals surface area (Å²) in [5, 5.41) is 9.70. The van der Waals surface area contributed by atoms with Crippen molar-refractivity contribution in [2.75, 3.05) is 38.7 Å². The van der Waals surface area contributed by atoms with Crippen LogP contribution in [-0.4, -0.2) is 61.1 Å². The number of rotatable bonds is 6. The standard InChI is InChI=1S/C17H28N6O3S/c1-11-7-14(26-6)23-15(11)16(19-12(2)20-23)22-8-13(9-22)17(3,4)10-21(5)27(18,24)25/h7,13H,8-10H2,1-6H3,(H2,18,24,25). The second-order valence-corrected chi connectivity index (χ2v) is 9.66. The Labute approximate surface area is 160 Å². The van der Waals surface area contributed by atoms with Crippen molar-refractivity contribution < 1.29 is 13.2 Å². The average Bonchev–Trinajstić information content (AvgIpc) is 2.79. The van der Waals surface area contributed by atoms with Gasteiger partial charge in [-0.3, -0.25) is 0 Å². The Morgan fingerprint density at radius 1 is 1.37 bits per heavy atom. The molecule has 0 spiro atoms. The molecule has 3 rings (SSSR count). The topological polar surface area (TPSA) is 106 Å². The molecule has 2 aromatic rings. The molecule has 1 aliphatic heterocycles. The molecule has 0 radical (unpaired) electrons. The summed E-state index contributed by atoms with van der Waals surface area (Å²) >= 11 is 0. The predicted molar refractivity (Wildman–Crippen MR) is 104 cm³/mol. The molecular weight excluding hydrogens is 368 g/mol. The van der Waals surface area contributed by atoms with Crippen molar-refractivity contribution in [3.63, 3.8) is 0 Å². The molecule has 1 saturated heterocycles. The van der Waals surface area contributed by atoms with Crippen LogP contribution in [0.15, 0.2) is 6.07 Å². The molecule has 0 saturated carbocycles. The van der Waals surface area contributed by atoms with Crippen molar-refractivity contribution >= 4 is 21.5 Å². The van der Waals surface area contributed by atoms with Crippen LogP contribution in [0.1, 0.15) is 25.2 Å². The second kappa shape index (κ2) is 6.61. The van der Waals surface area contributed by atoms with Gasteiger partial charge in [0.05, 0.1) is 7.11 Å². The molecule has 2 aromatic heterocycles. The van der Waals surface area contributed by atoms with Crippen molar-refractivity contribution in [1.29, 1.82) is 0 Å². The fraction of sp³-hybridized carbons (Fsp3) is 0.647. The van der Waals surface area contributed by atoms with E-state index in [9.17, 15) is 8.42 Å². The van der Waals surface area contributed by atoms with Gasteiger partial charge in [-0.15, -0.1) is 5.10 Å². The molecule has 0 atom stereocenters. The fourth-order valence-electron chi connectivity index (χ4n) is 3.64. The molecule has 9 nitrogen and oxygen atoms in total. The highest BCUT2D eigenvalue weighted by molar-refractivity contribution is 7.86. The molecule has 0 unspecified atom stereocenters. The molecule has 0 bridgehead atoms. The monoisotopic (exact) mass is 396 g/mol. The van der Waals surface area contributed by atoms with E-state index in [1.807, 2.05) is 19.9 Å². The molecule has 0 amide bonds. The third kappa shape index (κ3) is 3.61. The predicted octanol–water partition coefficient (Wildman–Crippen LogP) is 0.952. The first-order valence-electron chi connectivity index (χ1n) is 8.84. The van der Waals surface area contributed by atoms with Gasteiger partial charge in [-0.1, -0.05) is 13.8 Å². The van der Waals surface area contributed by atoms with Crippen LogP contribution in [0.3, 0.4) is 0 Å². The third-order valence-corrected chi connectivity index (χ3v) is 6.42. The van der Waals surface area contributed by atoms with Gasteiger partial charge in [-0.05, 0) is 24.8 Å². The minimum absolute atomic E-state index is 0.204. The molecule has 0 aliphatic carbocycles. The molecule has 1 fully saturated rings. The first-order valence-corrected chi connectivity index (χ1v) is 10.3. The van der Waals surface area contributed by atoms with E-state index in [4.69, 9.17) is 9.88 Å². The number of hydrogen-bond acceptors (Lipinski definition) is 6. The molecule has 10 heteroatoms. The molecule has 2 N–H and O–H groups in total. The van der Waals surface area contributed by atoms with Gasteiger partial charge in [0.25, 0.3) is 10.2 Å². The Morgan fingerprint density at radius 2 is 2.00 bits per heavy atom. The lowest BCUT2D eigenvalue weighted by molar-refractivity contribution is 0.144. The molecule has 150 valence electrons. The van der Waals surface area contributed by atoms with Gasteiger partial charge in [0, 0.05) is 38.7 Å². The van der Waals surface area contributed by atoms with E-state index < -0.39 is 10.2 Å². The van der Waals surface area contributed by atoms with Gasteiger partial charge in [-0.2, -0.15) is 17.2 Å². The van der Waals surface area contributed by atoms with Crippen molar-refractivity contribution in [2.45, 2.75) is 27.7 Å². The van der Waals surface area contributed by atoms with Crippen LogP contribution in [0.2, 0.25) is 0 Å². The first kappa shape index (κ1) is 19.8. The number of anilines is 1. The van der Waals surface area contributed by atoms with Crippen molar-refractivity contribution in [2.24, 2.45) is 16.5 Å². The number of aromatic nitrogens is 3. The zero-order valence-corrected chi connectivity index (χ0v) is 17.5. The maximum atomic E-state index is 11.5. The number of hydrogen-bond donors (Lipinski definition) is 1. The summed E-state index contributed by atoms with van der Waals surface area (Å²) in [7, 11) is -0.535. The Kier molecular flexibility index (Phi) is 4.86. The summed E-state index contributed by atoms with van der Waals surface area (Å²) in [6, 6.07) is 1.95. The first-order chi connectivity index (χ1) is 12.4. The van der Waals surface area contributed by atoms with E-state index in [-0.39, 0.29) is 5.41 Å². The van der Waals surface area contributed by atoms with E-state index in [2.05, 4.69) is 28.8 Å². The zero-order chi connectivity index (χ0) is 20.1. The third-order valence-electron chi connectivity index (χ3n) is 5.42. The highest BCUT2D eigenvalue weighted by atomic mass is 32.2. The fourth-order valence-corrected chi connectivity index (χ4v) is 4.15. The van der Waals surface area contributed by atoms with Crippen LogP contribution < -0.4 is 14.8 Å². The Morgan fingerprint density at radius 3 is 2.56 bits per heavy atom. The summed E-state index contributed by atoms with van der Waals surface area (Å²) < 4.78 is 31.5. The lowest BCUT2D eigenvalue weighted by Crippen LogP contribution is -2.56. The van der Waals surface area contributed by atoms with Crippen LogP contribution in [0.4, 0.5) is 5.82 Å². The van der Waals surface area contributed by atoms with Crippen LogP contribution in [0.5, 0.6) is 5.88 Å². The van der Waals surface area contributed by atoms with Crippen molar-refractivity contribution in [3.8, 4) is 5.88 Å². The number of aryl methyl sites for hydroxylation is 2. The molecule has 0 aromatic carbocycles. The Balaban J connectivity index is 1.83. The smallest absolute Gasteiger partial charge is 0.276 e. The average molecular weight is 397 g/mol. The Hall–Kier alpha value is -1.91. The minimum atomic E-state index is -3.68. The molecule has 27 heavy (non-hydrogen) atoms. The summed E-state index contributed by atoms with van der Waals surface area (Å²) in [5.41, 5.74) is 1.79. The van der Waals surface area contributed by atoms with E-state index in [0.717, 1.165) is 30.0 Å². The SMILES string of the molecule is COc1cc(C)c2c(N3CC(C(C)(C)CN(C)S(N)(=O)=O)C3)nc(C)nn12. The van der Waals surface area contributed by atoms with E-state index in [1.54, 1.807) is 11.6 Å². The van der Waals surface area contributed by atoms with Crippen LogP contribution >= 0.6 is 0 Å². The lowest BCUT2D eigenvalue weighted by Gasteiger charge is -2.49. The van der Waals surface area contributed by atoms with Gasteiger partial charge in [0.2, 0.25) is 5.88 Å².